The Kier molecular flexibility index (Phi) is 5.47. The lowest BCUT2D eigenvalue weighted by atomic mass is 10.4. The molecule has 0 aliphatic carbocycles. The fourth-order valence-corrected chi connectivity index (χ4v) is 2.70. The number of aromatic nitrogens is 4. The lowest BCUT2D eigenvalue weighted by molar-refractivity contribution is -0.137. The first kappa shape index (κ1) is 18.2. The van der Waals surface area contributed by atoms with Crippen LogP contribution in [0.2, 0.25) is 0 Å². The van der Waals surface area contributed by atoms with Crippen LogP contribution in [0, 0.1) is 13.8 Å². The van der Waals surface area contributed by atoms with E-state index in [9.17, 15) is 18.0 Å². The molecule has 10 heteroatoms. The third kappa shape index (κ3) is 4.95. The molecule has 0 spiro atoms. The Bertz CT molecular complexity index is 714. The van der Waals surface area contributed by atoms with Crippen molar-refractivity contribution >= 4 is 17.7 Å². The average Bonchev–Trinajstić information content (AvgIpc) is 2.83. The zero-order valence-corrected chi connectivity index (χ0v) is 14.1. The van der Waals surface area contributed by atoms with Crippen molar-refractivity contribution in [3.8, 4) is 5.82 Å². The average molecular weight is 359 g/mol. The molecule has 0 saturated heterocycles. The topological polar surface area (TPSA) is 72.7 Å². The van der Waals surface area contributed by atoms with Gasteiger partial charge in [0.05, 0.1) is 10.9 Å². The summed E-state index contributed by atoms with van der Waals surface area (Å²) in [4.78, 5) is 11.6. The summed E-state index contributed by atoms with van der Waals surface area (Å²) in [5.74, 6) is -0.180. The van der Waals surface area contributed by atoms with Gasteiger partial charge in [0, 0.05) is 5.69 Å². The minimum absolute atomic E-state index is 0.440. The quantitative estimate of drug-likeness (QED) is 0.830. The van der Waals surface area contributed by atoms with Gasteiger partial charge in [-0.05, 0) is 39.0 Å². The van der Waals surface area contributed by atoms with E-state index in [0.717, 1.165) is 23.1 Å². The number of hydrogen-bond donors (Lipinski definition) is 1. The zero-order chi connectivity index (χ0) is 17.9. The second-order valence-corrected chi connectivity index (χ2v) is 6.52. The van der Waals surface area contributed by atoms with Crippen LogP contribution in [0.5, 0.6) is 0 Å². The second kappa shape index (κ2) is 7.20. The smallest absolute Gasteiger partial charge is 0.346 e. The third-order valence-electron chi connectivity index (χ3n) is 2.98. The van der Waals surface area contributed by atoms with Crippen molar-refractivity contribution in [3.63, 3.8) is 0 Å². The summed E-state index contributed by atoms with van der Waals surface area (Å²) in [5, 5.41) is 13.9. The maximum Gasteiger partial charge on any atom is 0.405 e. The second-order valence-electron chi connectivity index (χ2n) is 5.16. The van der Waals surface area contributed by atoms with Crippen molar-refractivity contribution in [2.45, 2.75) is 37.2 Å². The van der Waals surface area contributed by atoms with E-state index in [1.165, 1.54) is 6.92 Å². The number of hydrogen-bond acceptors (Lipinski definition) is 5. The summed E-state index contributed by atoms with van der Waals surface area (Å²) >= 11 is 1.03. The van der Waals surface area contributed by atoms with Gasteiger partial charge in [0.1, 0.15) is 11.6 Å². The predicted octanol–water partition coefficient (Wildman–Crippen LogP) is 2.44. The molecule has 2 aromatic rings. The Morgan fingerprint density at radius 3 is 2.54 bits per heavy atom. The van der Waals surface area contributed by atoms with Gasteiger partial charge in [-0.1, -0.05) is 11.8 Å². The number of carbonyl (C=O) groups excluding carboxylic acids is 1. The molecule has 6 nitrogen and oxygen atoms in total. The molecular weight excluding hydrogens is 343 g/mol. The van der Waals surface area contributed by atoms with Crippen LogP contribution >= 0.6 is 11.8 Å². The maximum atomic E-state index is 12.1. The van der Waals surface area contributed by atoms with Crippen LogP contribution in [0.25, 0.3) is 5.82 Å². The summed E-state index contributed by atoms with van der Waals surface area (Å²) < 4.78 is 37.9. The molecule has 0 aliphatic heterocycles. The number of thioether (sulfide) groups is 1. The van der Waals surface area contributed by atoms with Crippen LogP contribution in [0.1, 0.15) is 18.3 Å². The van der Waals surface area contributed by atoms with Gasteiger partial charge in [0.25, 0.3) is 0 Å². The zero-order valence-electron chi connectivity index (χ0n) is 13.3. The molecule has 1 N–H and O–H groups in total. The maximum absolute atomic E-state index is 12.1. The summed E-state index contributed by atoms with van der Waals surface area (Å²) in [6, 6.07) is 5.24. The van der Waals surface area contributed by atoms with E-state index in [2.05, 4.69) is 15.3 Å². The fraction of sp³-hybridized carbons (Fsp3) is 0.429. The first-order valence-corrected chi connectivity index (χ1v) is 7.92. The van der Waals surface area contributed by atoms with Crippen LogP contribution in [0.15, 0.2) is 23.2 Å². The number of amides is 1. The van der Waals surface area contributed by atoms with Gasteiger partial charge in [-0.25, -0.2) is 4.68 Å². The summed E-state index contributed by atoms with van der Waals surface area (Å²) in [6.45, 7) is 3.91. The van der Waals surface area contributed by atoms with Crippen molar-refractivity contribution in [1.82, 2.24) is 25.3 Å². The van der Waals surface area contributed by atoms with Gasteiger partial charge in [-0.2, -0.15) is 18.3 Å². The Hall–Kier alpha value is -2.10. The van der Waals surface area contributed by atoms with Crippen molar-refractivity contribution < 1.29 is 18.0 Å². The molecule has 0 aliphatic rings. The molecule has 0 saturated carbocycles. The first-order valence-electron chi connectivity index (χ1n) is 7.04. The highest BCUT2D eigenvalue weighted by molar-refractivity contribution is 8.00. The molecule has 2 aromatic heterocycles. The van der Waals surface area contributed by atoms with Crippen LogP contribution in [0.4, 0.5) is 13.2 Å². The molecule has 1 amide bonds. The highest BCUT2D eigenvalue weighted by Gasteiger charge is 2.29. The first-order chi connectivity index (χ1) is 11.2. The lowest BCUT2D eigenvalue weighted by Crippen LogP contribution is -2.38. The van der Waals surface area contributed by atoms with E-state index >= 15 is 0 Å². The van der Waals surface area contributed by atoms with Gasteiger partial charge in [-0.3, -0.25) is 4.79 Å². The number of aryl methyl sites for hydroxylation is 2. The SMILES string of the molecule is Cc1cc(C)n(-c2ccc(S[C@@H](C)C(=O)NCC(F)(F)F)nn2)n1. The number of carbonyl (C=O) groups is 1. The molecule has 2 rings (SSSR count). The van der Waals surface area contributed by atoms with Crippen LogP contribution in [0.3, 0.4) is 0 Å². The molecule has 0 bridgehead atoms. The van der Waals surface area contributed by atoms with E-state index in [1.54, 1.807) is 16.8 Å². The molecule has 130 valence electrons. The number of nitrogens with zero attached hydrogens (tertiary/aromatic N) is 4. The monoisotopic (exact) mass is 359 g/mol. The largest absolute Gasteiger partial charge is 0.405 e. The van der Waals surface area contributed by atoms with Crippen molar-refractivity contribution in [2.75, 3.05) is 6.54 Å². The molecule has 2 heterocycles. The van der Waals surface area contributed by atoms with Crippen molar-refractivity contribution in [3.05, 3.63) is 29.6 Å². The fourth-order valence-electron chi connectivity index (χ4n) is 1.92. The van der Waals surface area contributed by atoms with E-state index in [-0.39, 0.29) is 0 Å². The minimum atomic E-state index is -4.43. The van der Waals surface area contributed by atoms with Gasteiger partial charge in [0.2, 0.25) is 5.91 Å². The van der Waals surface area contributed by atoms with E-state index in [0.29, 0.717) is 10.8 Å². The van der Waals surface area contributed by atoms with Crippen molar-refractivity contribution in [2.24, 2.45) is 0 Å². The third-order valence-corrected chi connectivity index (χ3v) is 4.01. The Balaban J connectivity index is 1.98. The van der Waals surface area contributed by atoms with Crippen LogP contribution < -0.4 is 5.32 Å². The van der Waals surface area contributed by atoms with Crippen LogP contribution in [-0.2, 0) is 4.79 Å². The summed E-state index contributed by atoms with van der Waals surface area (Å²) in [7, 11) is 0. The molecule has 0 radical (unpaired) electrons. The Morgan fingerprint density at radius 2 is 2.04 bits per heavy atom. The molecule has 0 unspecified atom stereocenters. The van der Waals surface area contributed by atoms with Gasteiger partial charge in [-0.15, -0.1) is 10.2 Å². The Labute approximate surface area is 140 Å². The highest BCUT2D eigenvalue weighted by Crippen LogP contribution is 2.22. The number of alkyl halides is 3. The highest BCUT2D eigenvalue weighted by atomic mass is 32.2. The number of nitrogens with one attached hydrogen (secondary N) is 1. The minimum Gasteiger partial charge on any atom is -0.346 e. The molecule has 0 fully saturated rings. The molecule has 0 aromatic carbocycles. The molecular formula is C14H16F3N5OS. The van der Waals surface area contributed by atoms with Crippen LogP contribution in [-0.4, -0.2) is 43.9 Å². The number of rotatable bonds is 5. The Morgan fingerprint density at radius 1 is 1.33 bits per heavy atom. The van der Waals surface area contributed by atoms with E-state index in [4.69, 9.17) is 0 Å². The predicted molar refractivity (Wildman–Crippen MR) is 83.0 cm³/mol. The van der Waals surface area contributed by atoms with E-state index in [1.807, 2.05) is 25.2 Å². The van der Waals surface area contributed by atoms with Gasteiger partial charge in [0.15, 0.2) is 5.82 Å². The van der Waals surface area contributed by atoms with Crippen molar-refractivity contribution in [1.29, 1.82) is 0 Å². The summed E-state index contributed by atoms with van der Waals surface area (Å²) in [5.41, 5.74) is 1.75. The summed E-state index contributed by atoms with van der Waals surface area (Å²) in [6.07, 6.45) is -4.43. The van der Waals surface area contributed by atoms with Gasteiger partial charge < -0.3 is 5.32 Å². The standard InChI is InChI=1S/C14H16F3N5OS/c1-8-6-9(2)22(21-8)11-4-5-12(20-19-11)24-10(3)13(23)18-7-14(15,16)17/h4-6,10H,7H2,1-3H3,(H,18,23)/t10-/m0/s1. The lowest BCUT2D eigenvalue weighted by Gasteiger charge is -2.12. The molecule has 1 atom stereocenters. The number of halogens is 3. The molecule has 24 heavy (non-hydrogen) atoms. The van der Waals surface area contributed by atoms with Gasteiger partial charge >= 0.3 is 6.18 Å². The van der Waals surface area contributed by atoms with E-state index < -0.39 is 23.9 Å². The normalized spacial score (nSPS) is 12.9.